The molecular formula is C13H19N3O5S. The third-order valence-electron chi connectivity index (χ3n) is 3.20. The van der Waals surface area contributed by atoms with Gasteiger partial charge in [0.05, 0.1) is 23.0 Å². The highest BCUT2D eigenvalue weighted by molar-refractivity contribution is 7.89. The summed E-state index contributed by atoms with van der Waals surface area (Å²) in [5.74, 6) is 0. The third kappa shape index (κ3) is 3.73. The Hall–Kier alpha value is -1.71. The first-order valence-electron chi connectivity index (χ1n) is 6.95. The van der Waals surface area contributed by atoms with E-state index >= 15 is 0 Å². The second-order valence-electron chi connectivity index (χ2n) is 5.28. The monoisotopic (exact) mass is 329 g/mol. The van der Waals surface area contributed by atoms with E-state index in [4.69, 9.17) is 4.74 Å². The Balaban J connectivity index is 2.41. The minimum atomic E-state index is -3.76. The number of sulfonamides is 1. The number of anilines is 1. The molecule has 1 fully saturated rings. The largest absolute Gasteiger partial charge is 0.378 e. The zero-order valence-corrected chi connectivity index (χ0v) is 13.3. The standard InChI is InChI=1S/C13H19N3O5S/c1-10(2)14-22(19,20)11-3-4-12(13(9-11)16(17)18)15-5-7-21-8-6-15/h3-4,9-10,14H,5-8H2,1-2H3. The molecule has 1 aromatic carbocycles. The van der Waals surface area contributed by atoms with Gasteiger partial charge in [0.15, 0.2) is 0 Å². The van der Waals surface area contributed by atoms with Crippen molar-refractivity contribution in [3.05, 3.63) is 28.3 Å². The molecule has 8 nitrogen and oxygen atoms in total. The lowest BCUT2D eigenvalue weighted by molar-refractivity contribution is -0.384. The number of nitro benzene ring substituents is 1. The van der Waals surface area contributed by atoms with Crippen LogP contribution in [0.1, 0.15) is 13.8 Å². The molecule has 1 aliphatic heterocycles. The van der Waals surface area contributed by atoms with Crippen LogP contribution in [-0.2, 0) is 14.8 Å². The first-order chi connectivity index (χ1) is 10.3. The van der Waals surface area contributed by atoms with E-state index in [1.165, 1.54) is 12.1 Å². The molecule has 0 spiro atoms. The van der Waals surface area contributed by atoms with E-state index in [9.17, 15) is 18.5 Å². The first kappa shape index (κ1) is 16.7. The number of rotatable bonds is 5. The quantitative estimate of drug-likeness (QED) is 0.641. The maximum absolute atomic E-state index is 12.1. The zero-order chi connectivity index (χ0) is 16.3. The molecule has 1 heterocycles. The molecule has 122 valence electrons. The SMILES string of the molecule is CC(C)NS(=O)(=O)c1ccc(N2CCOCC2)c([N+](=O)[O-])c1. The van der Waals surface area contributed by atoms with Gasteiger partial charge in [-0.15, -0.1) is 0 Å². The number of nitro groups is 1. The van der Waals surface area contributed by atoms with Gasteiger partial charge < -0.3 is 9.64 Å². The van der Waals surface area contributed by atoms with Crippen molar-refractivity contribution in [2.75, 3.05) is 31.2 Å². The van der Waals surface area contributed by atoms with Crippen LogP contribution in [0.3, 0.4) is 0 Å². The molecule has 1 saturated heterocycles. The average Bonchev–Trinajstić information content (AvgIpc) is 2.46. The van der Waals surface area contributed by atoms with Crippen molar-refractivity contribution in [3.8, 4) is 0 Å². The topological polar surface area (TPSA) is 102 Å². The van der Waals surface area contributed by atoms with Gasteiger partial charge in [0, 0.05) is 25.2 Å². The van der Waals surface area contributed by atoms with Gasteiger partial charge in [-0.2, -0.15) is 0 Å². The van der Waals surface area contributed by atoms with Crippen LogP contribution in [-0.4, -0.2) is 45.7 Å². The molecule has 0 aliphatic carbocycles. The summed E-state index contributed by atoms with van der Waals surface area (Å²) in [7, 11) is -3.76. The molecule has 0 saturated carbocycles. The van der Waals surface area contributed by atoms with Crippen LogP contribution in [0.5, 0.6) is 0 Å². The predicted molar refractivity (Wildman–Crippen MR) is 81.6 cm³/mol. The smallest absolute Gasteiger partial charge is 0.293 e. The molecular weight excluding hydrogens is 310 g/mol. The van der Waals surface area contributed by atoms with Crippen LogP contribution in [0.25, 0.3) is 0 Å². The van der Waals surface area contributed by atoms with Crippen molar-refractivity contribution >= 4 is 21.4 Å². The van der Waals surface area contributed by atoms with Gasteiger partial charge in [0.25, 0.3) is 5.69 Å². The van der Waals surface area contributed by atoms with Crippen LogP contribution in [0, 0.1) is 10.1 Å². The summed E-state index contributed by atoms with van der Waals surface area (Å²) < 4.78 is 31.9. The van der Waals surface area contributed by atoms with Gasteiger partial charge in [0.2, 0.25) is 10.0 Å². The van der Waals surface area contributed by atoms with Gasteiger partial charge in [-0.1, -0.05) is 0 Å². The van der Waals surface area contributed by atoms with E-state index in [1.54, 1.807) is 13.8 Å². The van der Waals surface area contributed by atoms with Gasteiger partial charge >= 0.3 is 0 Å². The molecule has 1 aliphatic rings. The molecule has 0 unspecified atom stereocenters. The number of nitrogens with zero attached hydrogens (tertiary/aromatic N) is 2. The van der Waals surface area contributed by atoms with Gasteiger partial charge in [-0.05, 0) is 26.0 Å². The van der Waals surface area contributed by atoms with E-state index < -0.39 is 14.9 Å². The number of hydrogen-bond acceptors (Lipinski definition) is 6. The molecule has 0 amide bonds. The van der Waals surface area contributed by atoms with E-state index in [0.29, 0.717) is 32.0 Å². The lowest BCUT2D eigenvalue weighted by atomic mass is 10.2. The molecule has 2 rings (SSSR count). The summed E-state index contributed by atoms with van der Waals surface area (Å²) >= 11 is 0. The van der Waals surface area contributed by atoms with Crippen LogP contribution in [0.4, 0.5) is 11.4 Å². The highest BCUT2D eigenvalue weighted by atomic mass is 32.2. The number of nitrogens with one attached hydrogen (secondary N) is 1. The van der Waals surface area contributed by atoms with Gasteiger partial charge in [-0.3, -0.25) is 10.1 Å². The Morgan fingerprint density at radius 1 is 1.32 bits per heavy atom. The second-order valence-corrected chi connectivity index (χ2v) is 7.00. The summed E-state index contributed by atoms with van der Waals surface area (Å²) in [6, 6.07) is 3.69. The minimum Gasteiger partial charge on any atom is -0.378 e. The predicted octanol–water partition coefficient (Wildman–Crippen LogP) is 1.12. The normalized spacial score (nSPS) is 16.0. The first-order valence-corrected chi connectivity index (χ1v) is 8.43. The van der Waals surface area contributed by atoms with Crippen molar-refractivity contribution in [1.29, 1.82) is 0 Å². The summed E-state index contributed by atoms with van der Waals surface area (Å²) in [5, 5.41) is 11.3. The number of ether oxygens (including phenoxy) is 1. The van der Waals surface area contributed by atoms with E-state index in [2.05, 4.69) is 4.72 Å². The van der Waals surface area contributed by atoms with Crippen LogP contribution in [0.15, 0.2) is 23.1 Å². The van der Waals surface area contributed by atoms with Crippen LogP contribution >= 0.6 is 0 Å². The lowest BCUT2D eigenvalue weighted by Gasteiger charge is -2.28. The highest BCUT2D eigenvalue weighted by Crippen LogP contribution is 2.31. The summed E-state index contributed by atoms with van der Waals surface area (Å²) in [5.41, 5.74) is 0.199. The van der Waals surface area contributed by atoms with Gasteiger partial charge in [-0.25, -0.2) is 13.1 Å². The molecule has 0 bridgehead atoms. The van der Waals surface area contributed by atoms with E-state index in [1.807, 2.05) is 4.90 Å². The Kier molecular flexibility index (Phi) is 4.99. The van der Waals surface area contributed by atoms with Crippen molar-refractivity contribution < 1.29 is 18.1 Å². The maximum Gasteiger partial charge on any atom is 0.293 e. The van der Waals surface area contributed by atoms with Crippen LogP contribution in [0.2, 0.25) is 0 Å². The summed E-state index contributed by atoms with van der Waals surface area (Å²) in [4.78, 5) is 12.5. The number of benzene rings is 1. The zero-order valence-electron chi connectivity index (χ0n) is 12.5. The lowest BCUT2D eigenvalue weighted by Crippen LogP contribution is -2.36. The molecule has 1 N–H and O–H groups in total. The molecule has 9 heteroatoms. The average molecular weight is 329 g/mol. The number of hydrogen-bond donors (Lipinski definition) is 1. The third-order valence-corrected chi connectivity index (χ3v) is 4.85. The van der Waals surface area contributed by atoms with E-state index in [0.717, 1.165) is 6.07 Å². The van der Waals surface area contributed by atoms with E-state index in [-0.39, 0.29) is 16.6 Å². The summed E-state index contributed by atoms with van der Waals surface area (Å²) in [6.45, 7) is 5.44. The fraction of sp³-hybridized carbons (Fsp3) is 0.538. The Morgan fingerprint density at radius 2 is 1.95 bits per heavy atom. The molecule has 0 atom stereocenters. The van der Waals surface area contributed by atoms with Gasteiger partial charge in [0.1, 0.15) is 5.69 Å². The Bertz CT molecular complexity index is 654. The minimum absolute atomic E-state index is 0.107. The maximum atomic E-state index is 12.1. The Labute approximate surface area is 129 Å². The molecule has 0 aromatic heterocycles. The second kappa shape index (κ2) is 6.59. The number of morpholine rings is 1. The fourth-order valence-corrected chi connectivity index (χ4v) is 3.54. The molecule has 0 radical (unpaired) electrons. The van der Waals surface area contributed by atoms with Crippen molar-refractivity contribution in [1.82, 2.24) is 4.72 Å². The molecule has 22 heavy (non-hydrogen) atoms. The van der Waals surface area contributed by atoms with Crippen LogP contribution < -0.4 is 9.62 Å². The highest BCUT2D eigenvalue weighted by Gasteiger charge is 2.25. The van der Waals surface area contributed by atoms with Crippen molar-refractivity contribution in [3.63, 3.8) is 0 Å². The van der Waals surface area contributed by atoms with Crippen molar-refractivity contribution in [2.45, 2.75) is 24.8 Å². The summed E-state index contributed by atoms with van der Waals surface area (Å²) in [6.07, 6.45) is 0. The molecule has 1 aromatic rings. The fourth-order valence-electron chi connectivity index (χ4n) is 2.27. The Morgan fingerprint density at radius 3 is 2.50 bits per heavy atom. The van der Waals surface area contributed by atoms with Crippen molar-refractivity contribution in [2.24, 2.45) is 0 Å².